The predicted octanol–water partition coefficient (Wildman–Crippen LogP) is 14.8. The van der Waals surface area contributed by atoms with Crippen molar-refractivity contribution in [3.05, 3.63) is 247 Å². The molecule has 0 spiro atoms. The molecule has 0 saturated heterocycles. The molecule has 1 aromatic heterocycles. The Balaban J connectivity index is 1.21. The maximum atomic E-state index is 9.76. The molecule has 0 aliphatic heterocycles. The lowest BCUT2D eigenvalue weighted by Crippen LogP contribution is -2.28. The number of hydrogen-bond donors (Lipinski definition) is 0. The lowest BCUT2D eigenvalue weighted by atomic mass is 9.67. The van der Waals surface area contributed by atoms with Crippen molar-refractivity contribution in [3.63, 3.8) is 0 Å². The molecule has 1 heterocycles. The van der Waals surface area contributed by atoms with E-state index < -0.39 is 29.6 Å². The molecule has 9 aromatic carbocycles. The van der Waals surface area contributed by atoms with Crippen LogP contribution < -0.4 is 4.90 Å². The highest BCUT2D eigenvalue weighted by atomic mass is 16.3. The molecule has 2 nitrogen and oxygen atoms in total. The van der Waals surface area contributed by atoms with Gasteiger partial charge in [-0.3, -0.25) is 0 Å². The number of nitrogens with zero attached hydrogens (tertiary/aromatic N) is 1. The molecule has 0 N–H and O–H groups in total. The standard InChI is InChI=1S/C55H37NO/c1-4-14-38(15-5-1)39-24-29-44(30-25-39)56(45-31-26-40(27-32-45)41-28-34-50-49-21-11-13-23-53(49)57-54(50)36-41)46-33-35-48-47-20-10-12-22-51(47)55(52(48)37-46,42-16-6-2-7-17-42)43-18-8-3-9-19-43/h1-37H/i24D,25D,26D,27D,29D,30D,31D,32D. The fraction of sp³-hybridized carbons (Fsp3) is 0.0182. The smallest absolute Gasteiger partial charge is 0.136 e. The zero-order chi connectivity index (χ0) is 44.7. The van der Waals surface area contributed by atoms with Gasteiger partial charge in [0, 0.05) is 27.8 Å². The van der Waals surface area contributed by atoms with Crippen LogP contribution in [0.3, 0.4) is 0 Å². The van der Waals surface area contributed by atoms with E-state index >= 15 is 0 Å². The van der Waals surface area contributed by atoms with Gasteiger partial charge in [-0.1, -0.05) is 170 Å². The van der Waals surface area contributed by atoms with E-state index in [2.05, 4.69) is 36.4 Å². The van der Waals surface area contributed by atoms with Gasteiger partial charge < -0.3 is 9.32 Å². The van der Waals surface area contributed by atoms with Gasteiger partial charge in [0.2, 0.25) is 0 Å². The van der Waals surface area contributed by atoms with E-state index in [4.69, 9.17) is 4.42 Å². The summed E-state index contributed by atoms with van der Waals surface area (Å²) < 4.78 is 82.9. The third-order valence-corrected chi connectivity index (χ3v) is 11.1. The van der Waals surface area contributed by atoms with Gasteiger partial charge >= 0.3 is 0 Å². The number of furan rings is 1. The van der Waals surface area contributed by atoms with E-state index in [1.165, 1.54) is 4.90 Å². The molecule has 1 aliphatic carbocycles. The lowest BCUT2D eigenvalue weighted by molar-refractivity contribution is 0.669. The van der Waals surface area contributed by atoms with Gasteiger partial charge in [0.05, 0.1) is 16.4 Å². The van der Waals surface area contributed by atoms with Crippen LogP contribution in [0.1, 0.15) is 33.2 Å². The quantitative estimate of drug-likeness (QED) is 0.162. The molecule has 57 heavy (non-hydrogen) atoms. The van der Waals surface area contributed by atoms with Crippen molar-refractivity contribution >= 4 is 39.0 Å². The summed E-state index contributed by atoms with van der Waals surface area (Å²) in [5.41, 5.74) is 7.19. The summed E-state index contributed by atoms with van der Waals surface area (Å²) in [4.78, 5) is 1.40. The molecule has 0 fully saturated rings. The van der Waals surface area contributed by atoms with Crippen molar-refractivity contribution in [1.82, 2.24) is 0 Å². The van der Waals surface area contributed by atoms with Crippen molar-refractivity contribution in [2.75, 3.05) is 4.90 Å². The summed E-state index contributed by atoms with van der Waals surface area (Å²) >= 11 is 0. The largest absolute Gasteiger partial charge is 0.456 e. The summed E-state index contributed by atoms with van der Waals surface area (Å²) in [5.74, 6) is 0. The van der Waals surface area contributed by atoms with E-state index in [9.17, 15) is 11.0 Å². The highest BCUT2D eigenvalue weighted by Gasteiger charge is 2.46. The lowest BCUT2D eigenvalue weighted by Gasteiger charge is -2.35. The Kier molecular flexibility index (Phi) is 6.02. The molecular weight excluding hydrogens is 691 g/mol. The molecule has 0 atom stereocenters. The molecular formula is C55H37NO. The van der Waals surface area contributed by atoms with Gasteiger partial charge in [0.25, 0.3) is 0 Å². The molecule has 11 rings (SSSR count). The Labute approximate surface area is 343 Å². The SMILES string of the molecule is [2H]c1c([2H])c(N(c2ccc3c(c2)C(c2ccccc2)(c2ccccc2)c2ccccc2-3)c2c([2H])c([2H])c(-c3ccc4c(c3)oc3ccccc34)c([2H])c2[2H])c([2H])c([2H])c1-c1ccccc1. The molecule has 2 heteroatoms. The molecule has 0 amide bonds. The van der Waals surface area contributed by atoms with Crippen molar-refractivity contribution in [1.29, 1.82) is 0 Å². The van der Waals surface area contributed by atoms with Crippen LogP contribution in [0, 0.1) is 0 Å². The van der Waals surface area contributed by atoms with Gasteiger partial charge in [0.1, 0.15) is 11.2 Å². The fourth-order valence-corrected chi connectivity index (χ4v) is 8.55. The first-order valence-corrected chi connectivity index (χ1v) is 18.9. The number of anilines is 3. The molecule has 0 saturated carbocycles. The first-order chi connectivity index (χ1) is 31.6. The van der Waals surface area contributed by atoms with Crippen LogP contribution >= 0.6 is 0 Å². The summed E-state index contributed by atoms with van der Waals surface area (Å²) in [6, 6.07) is 53.2. The number of hydrogen-bond acceptors (Lipinski definition) is 2. The van der Waals surface area contributed by atoms with Crippen molar-refractivity contribution in [3.8, 4) is 33.4 Å². The van der Waals surface area contributed by atoms with Crippen LogP contribution in [0.5, 0.6) is 0 Å². The second-order valence-electron chi connectivity index (χ2n) is 14.2. The Morgan fingerprint density at radius 3 is 1.60 bits per heavy atom. The van der Waals surface area contributed by atoms with E-state index in [1.54, 1.807) is 42.5 Å². The number of rotatable bonds is 7. The average Bonchev–Trinajstić information content (AvgIpc) is 3.86. The summed E-state index contributed by atoms with van der Waals surface area (Å²) in [6.45, 7) is 0. The van der Waals surface area contributed by atoms with Crippen LogP contribution in [-0.4, -0.2) is 0 Å². The maximum Gasteiger partial charge on any atom is 0.136 e. The molecule has 0 radical (unpaired) electrons. The van der Waals surface area contributed by atoms with Crippen molar-refractivity contribution in [2.24, 2.45) is 0 Å². The highest BCUT2D eigenvalue weighted by molar-refractivity contribution is 6.06. The van der Waals surface area contributed by atoms with Crippen LogP contribution in [-0.2, 0) is 5.41 Å². The first-order valence-electron chi connectivity index (χ1n) is 22.9. The van der Waals surface area contributed by atoms with E-state index in [0.717, 1.165) is 44.2 Å². The molecule has 268 valence electrons. The fourth-order valence-electron chi connectivity index (χ4n) is 8.55. The number of para-hydroxylation sites is 1. The average molecular weight is 736 g/mol. The molecule has 1 aliphatic rings. The van der Waals surface area contributed by atoms with Gasteiger partial charge in [-0.2, -0.15) is 0 Å². The third kappa shape index (κ3) is 5.33. The monoisotopic (exact) mass is 735 g/mol. The Morgan fingerprint density at radius 1 is 0.368 bits per heavy atom. The van der Waals surface area contributed by atoms with Crippen LogP contribution in [0.25, 0.3) is 55.3 Å². The number of fused-ring (bicyclic) bond motifs is 6. The first kappa shape index (κ1) is 25.6. The van der Waals surface area contributed by atoms with Crippen LogP contribution in [0.4, 0.5) is 17.1 Å². The maximum absolute atomic E-state index is 9.76. The minimum Gasteiger partial charge on any atom is -0.456 e. The second-order valence-corrected chi connectivity index (χ2v) is 14.2. The number of benzene rings is 9. The van der Waals surface area contributed by atoms with Gasteiger partial charge in [0.15, 0.2) is 0 Å². The normalized spacial score (nSPS) is 14.7. The molecule has 0 unspecified atom stereocenters. The van der Waals surface area contributed by atoms with Gasteiger partial charge in [-0.15, -0.1) is 0 Å². The second kappa shape index (κ2) is 13.4. The van der Waals surface area contributed by atoms with E-state index in [-0.39, 0.29) is 46.7 Å². The minimum atomic E-state index is -0.865. The van der Waals surface area contributed by atoms with Crippen molar-refractivity contribution < 1.29 is 15.4 Å². The molecule has 0 bridgehead atoms. The topological polar surface area (TPSA) is 16.4 Å². The van der Waals surface area contributed by atoms with Gasteiger partial charge in [-0.25, -0.2) is 0 Å². The van der Waals surface area contributed by atoms with Crippen LogP contribution in [0.2, 0.25) is 0 Å². The zero-order valence-corrected chi connectivity index (χ0v) is 30.6. The Bertz CT molecular complexity index is 3440. The summed E-state index contributed by atoms with van der Waals surface area (Å²) in [5, 5.41) is 1.77. The third-order valence-electron chi connectivity index (χ3n) is 11.1. The summed E-state index contributed by atoms with van der Waals surface area (Å²) in [6.07, 6.45) is 0. The predicted molar refractivity (Wildman–Crippen MR) is 237 cm³/mol. The Hall–Kier alpha value is -7.42. The zero-order valence-electron chi connectivity index (χ0n) is 38.6. The summed E-state index contributed by atoms with van der Waals surface area (Å²) in [7, 11) is 0. The minimum absolute atomic E-state index is 0.0570. The Morgan fingerprint density at radius 2 is 0.912 bits per heavy atom. The van der Waals surface area contributed by atoms with E-state index in [0.29, 0.717) is 28.0 Å². The van der Waals surface area contributed by atoms with E-state index in [1.807, 2.05) is 97.1 Å². The highest BCUT2D eigenvalue weighted by Crippen LogP contribution is 2.57. The van der Waals surface area contributed by atoms with Crippen LogP contribution in [0.15, 0.2) is 229 Å². The molecule has 10 aromatic rings. The van der Waals surface area contributed by atoms with Crippen molar-refractivity contribution in [2.45, 2.75) is 5.41 Å². The van der Waals surface area contributed by atoms with Gasteiger partial charge in [-0.05, 0) is 110 Å².